The van der Waals surface area contributed by atoms with Gasteiger partial charge in [0.15, 0.2) is 11.5 Å². The van der Waals surface area contributed by atoms with Crippen LogP contribution in [-0.2, 0) is 4.79 Å². The predicted molar refractivity (Wildman–Crippen MR) is 44.3 cm³/mol. The van der Waals surface area contributed by atoms with Crippen molar-refractivity contribution in [3.05, 3.63) is 23.5 Å². The molecule has 14 heavy (non-hydrogen) atoms. The molecular weight excluding hydrogens is 193 g/mol. The Morgan fingerprint density at radius 3 is 2.50 bits per heavy atom. The molecule has 0 saturated carbocycles. The molecule has 0 fully saturated rings. The van der Waals surface area contributed by atoms with E-state index < -0.39 is 29.3 Å². The highest BCUT2D eigenvalue weighted by Gasteiger charge is 2.21. The fraction of sp³-hybridized carbons (Fsp3) is 0.125. The number of nitrogens with two attached hydrogens (primary N) is 1. The second-order valence-corrected chi connectivity index (χ2v) is 2.65. The Hall–Kier alpha value is -1.82. The van der Waals surface area contributed by atoms with Gasteiger partial charge in [0.2, 0.25) is 5.82 Å². The maximum absolute atomic E-state index is 12.9. The van der Waals surface area contributed by atoms with Crippen LogP contribution in [0.15, 0.2) is 12.1 Å². The first-order chi connectivity index (χ1) is 6.45. The number of hydrogen-bond acceptors (Lipinski definition) is 4. The van der Waals surface area contributed by atoms with Gasteiger partial charge < -0.3 is 21.1 Å². The third kappa shape index (κ3) is 1.60. The number of phenols is 2. The molecule has 1 aromatic rings. The van der Waals surface area contributed by atoms with Crippen molar-refractivity contribution in [2.24, 2.45) is 5.73 Å². The largest absolute Gasteiger partial charge is 0.505 e. The average Bonchev–Trinajstić information content (AvgIpc) is 2.13. The Labute approximate surface area is 78.2 Å². The second kappa shape index (κ2) is 3.51. The highest BCUT2D eigenvalue weighted by molar-refractivity contribution is 5.76. The Balaban J connectivity index is 3.24. The fourth-order valence-corrected chi connectivity index (χ4v) is 0.953. The number of aromatic hydroxyl groups is 2. The van der Waals surface area contributed by atoms with Crippen molar-refractivity contribution < 1.29 is 24.5 Å². The predicted octanol–water partition coefficient (Wildman–Crippen LogP) is 0.321. The quantitative estimate of drug-likeness (QED) is 0.551. The molecule has 1 atom stereocenters. The summed E-state index contributed by atoms with van der Waals surface area (Å²) in [6, 6.07) is 0.449. The summed E-state index contributed by atoms with van der Waals surface area (Å²) in [5.74, 6) is -4.38. The standard InChI is InChI=1S/C8H8FNO4/c9-5-4(11)2-1-3(7(5)12)6(10)8(13)14/h1-2,6,11-12H,10H2,(H,13,14). The van der Waals surface area contributed by atoms with E-state index in [1.54, 1.807) is 0 Å². The summed E-state index contributed by atoms with van der Waals surface area (Å²) >= 11 is 0. The molecule has 0 aliphatic heterocycles. The van der Waals surface area contributed by atoms with Crippen LogP contribution in [0.2, 0.25) is 0 Å². The number of aliphatic carboxylic acids is 1. The SMILES string of the molecule is NC(C(=O)O)c1ccc(O)c(F)c1O. The van der Waals surface area contributed by atoms with E-state index in [1.807, 2.05) is 0 Å². The maximum atomic E-state index is 12.9. The monoisotopic (exact) mass is 201 g/mol. The third-order valence-electron chi connectivity index (χ3n) is 1.73. The van der Waals surface area contributed by atoms with Gasteiger partial charge in [-0.25, -0.2) is 0 Å². The molecule has 1 aromatic carbocycles. The molecule has 0 saturated heterocycles. The summed E-state index contributed by atoms with van der Waals surface area (Å²) in [5, 5.41) is 26.4. The number of carbonyl (C=O) groups is 1. The van der Waals surface area contributed by atoms with Crippen molar-refractivity contribution in [1.82, 2.24) is 0 Å². The molecular formula is C8H8FNO4. The zero-order valence-corrected chi connectivity index (χ0v) is 6.94. The lowest BCUT2D eigenvalue weighted by Crippen LogP contribution is -2.20. The number of rotatable bonds is 2. The van der Waals surface area contributed by atoms with E-state index in [9.17, 15) is 9.18 Å². The van der Waals surface area contributed by atoms with E-state index in [0.717, 1.165) is 12.1 Å². The lowest BCUT2D eigenvalue weighted by molar-refractivity contribution is -0.138. The van der Waals surface area contributed by atoms with Gasteiger partial charge in [-0.15, -0.1) is 0 Å². The second-order valence-electron chi connectivity index (χ2n) is 2.65. The fourth-order valence-electron chi connectivity index (χ4n) is 0.953. The molecule has 0 heterocycles. The summed E-state index contributed by atoms with van der Waals surface area (Å²) in [5.41, 5.74) is 4.87. The first kappa shape index (κ1) is 10.3. The number of halogens is 1. The van der Waals surface area contributed by atoms with Crippen molar-refractivity contribution in [3.63, 3.8) is 0 Å². The molecule has 0 aliphatic carbocycles. The van der Waals surface area contributed by atoms with Gasteiger partial charge in [-0.1, -0.05) is 0 Å². The van der Waals surface area contributed by atoms with Crippen molar-refractivity contribution in [1.29, 1.82) is 0 Å². The molecule has 6 heteroatoms. The number of carboxylic acid groups (broad SMARTS) is 1. The number of carboxylic acids is 1. The third-order valence-corrected chi connectivity index (χ3v) is 1.73. The molecule has 1 unspecified atom stereocenters. The molecule has 0 aromatic heterocycles. The number of hydrogen-bond donors (Lipinski definition) is 4. The smallest absolute Gasteiger partial charge is 0.325 e. The summed E-state index contributed by atoms with van der Waals surface area (Å²) in [6.45, 7) is 0. The summed E-state index contributed by atoms with van der Waals surface area (Å²) < 4.78 is 12.9. The van der Waals surface area contributed by atoms with E-state index in [4.69, 9.17) is 21.1 Å². The highest BCUT2D eigenvalue weighted by atomic mass is 19.1. The van der Waals surface area contributed by atoms with Gasteiger partial charge in [-0.3, -0.25) is 4.79 Å². The minimum Gasteiger partial charge on any atom is -0.505 e. The van der Waals surface area contributed by atoms with Crippen LogP contribution in [0.3, 0.4) is 0 Å². The number of benzene rings is 1. The Bertz CT molecular complexity index is 380. The molecule has 1 rings (SSSR count). The van der Waals surface area contributed by atoms with Gasteiger partial charge in [0.25, 0.3) is 0 Å². The van der Waals surface area contributed by atoms with E-state index in [1.165, 1.54) is 0 Å². The zero-order chi connectivity index (χ0) is 10.9. The van der Waals surface area contributed by atoms with Crippen LogP contribution in [0.4, 0.5) is 4.39 Å². The van der Waals surface area contributed by atoms with E-state index in [0.29, 0.717) is 0 Å². The molecule has 0 aliphatic rings. The van der Waals surface area contributed by atoms with Crippen LogP contribution in [0, 0.1) is 5.82 Å². The minimum absolute atomic E-state index is 0.284. The maximum Gasteiger partial charge on any atom is 0.325 e. The summed E-state index contributed by atoms with van der Waals surface area (Å²) in [4.78, 5) is 10.4. The van der Waals surface area contributed by atoms with Gasteiger partial charge >= 0.3 is 5.97 Å². The van der Waals surface area contributed by atoms with Crippen LogP contribution in [0.1, 0.15) is 11.6 Å². The van der Waals surface area contributed by atoms with Crippen LogP contribution in [0.25, 0.3) is 0 Å². The van der Waals surface area contributed by atoms with Crippen molar-refractivity contribution in [2.45, 2.75) is 6.04 Å². The van der Waals surface area contributed by atoms with E-state index >= 15 is 0 Å². The lowest BCUT2D eigenvalue weighted by Gasteiger charge is -2.09. The molecule has 5 N–H and O–H groups in total. The van der Waals surface area contributed by atoms with Crippen LogP contribution < -0.4 is 5.73 Å². The van der Waals surface area contributed by atoms with Gasteiger partial charge in [-0.05, 0) is 12.1 Å². The molecule has 0 radical (unpaired) electrons. The first-order valence-corrected chi connectivity index (χ1v) is 3.64. The molecule has 0 spiro atoms. The normalized spacial score (nSPS) is 12.4. The first-order valence-electron chi connectivity index (χ1n) is 3.64. The Kier molecular flexibility index (Phi) is 2.57. The molecule has 0 bridgehead atoms. The average molecular weight is 201 g/mol. The van der Waals surface area contributed by atoms with E-state index in [2.05, 4.69) is 0 Å². The highest BCUT2D eigenvalue weighted by Crippen LogP contribution is 2.31. The van der Waals surface area contributed by atoms with Crippen LogP contribution in [0.5, 0.6) is 11.5 Å². The molecule has 5 nitrogen and oxygen atoms in total. The summed E-state index contributed by atoms with van der Waals surface area (Å²) in [6.07, 6.45) is 0. The van der Waals surface area contributed by atoms with Crippen molar-refractivity contribution >= 4 is 5.97 Å². The minimum atomic E-state index is -1.52. The Morgan fingerprint density at radius 2 is 2.00 bits per heavy atom. The van der Waals surface area contributed by atoms with Gasteiger partial charge in [0.05, 0.1) is 0 Å². The van der Waals surface area contributed by atoms with E-state index in [-0.39, 0.29) is 5.56 Å². The van der Waals surface area contributed by atoms with Crippen LogP contribution in [-0.4, -0.2) is 21.3 Å². The van der Waals surface area contributed by atoms with Gasteiger partial charge in [0.1, 0.15) is 6.04 Å². The topological polar surface area (TPSA) is 104 Å². The number of phenolic OH excluding ortho intramolecular Hbond substituents is 2. The van der Waals surface area contributed by atoms with Gasteiger partial charge in [-0.2, -0.15) is 4.39 Å². The Morgan fingerprint density at radius 1 is 1.43 bits per heavy atom. The lowest BCUT2D eigenvalue weighted by atomic mass is 10.1. The van der Waals surface area contributed by atoms with Crippen molar-refractivity contribution in [3.8, 4) is 11.5 Å². The van der Waals surface area contributed by atoms with Gasteiger partial charge in [0, 0.05) is 5.56 Å². The summed E-state index contributed by atoms with van der Waals surface area (Å²) in [7, 11) is 0. The molecule has 76 valence electrons. The molecule has 0 amide bonds. The van der Waals surface area contributed by atoms with Crippen molar-refractivity contribution in [2.75, 3.05) is 0 Å². The van der Waals surface area contributed by atoms with Crippen LogP contribution >= 0.6 is 0 Å². The zero-order valence-electron chi connectivity index (χ0n) is 6.94.